The third kappa shape index (κ3) is 7.45. The van der Waals surface area contributed by atoms with E-state index in [4.69, 9.17) is 70.1 Å². The van der Waals surface area contributed by atoms with Crippen LogP contribution in [-0.4, -0.2) is 26.4 Å². The second kappa shape index (κ2) is 15.6. The molecule has 2 aliphatic rings. The van der Waals surface area contributed by atoms with Crippen molar-refractivity contribution in [1.29, 1.82) is 0 Å². The Balaban J connectivity index is 1.32. The molecular formula is C38H38Cl4O5. The van der Waals surface area contributed by atoms with Crippen LogP contribution in [-0.2, 0) is 18.0 Å². The van der Waals surface area contributed by atoms with Gasteiger partial charge in [0.25, 0.3) is 0 Å². The molecule has 4 aromatic rings. The Morgan fingerprint density at radius 3 is 1.32 bits per heavy atom. The number of para-hydroxylation sites is 2. The van der Waals surface area contributed by atoms with Gasteiger partial charge in [0.15, 0.2) is 0 Å². The van der Waals surface area contributed by atoms with Crippen LogP contribution in [0.3, 0.4) is 0 Å². The molecule has 5 nitrogen and oxygen atoms in total. The minimum Gasteiger partial charge on any atom is -0.496 e. The minimum atomic E-state index is 0.0774. The number of halogens is 4. The molecule has 248 valence electrons. The molecule has 4 aromatic carbocycles. The van der Waals surface area contributed by atoms with Gasteiger partial charge in [-0.1, -0.05) is 82.8 Å². The van der Waals surface area contributed by atoms with Crippen LogP contribution in [0.25, 0.3) is 22.3 Å². The topological polar surface area (TPSA) is 46.2 Å². The van der Waals surface area contributed by atoms with Gasteiger partial charge in [0.1, 0.15) is 23.0 Å². The molecule has 0 aliphatic heterocycles. The molecule has 0 atom stereocenters. The molecule has 0 N–H and O–H groups in total. The number of rotatable bonds is 12. The van der Waals surface area contributed by atoms with E-state index < -0.39 is 0 Å². The van der Waals surface area contributed by atoms with Crippen molar-refractivity contribution < 1.29 is 23.7 Å². The minimum absolute atomic E-state index is 0.0774. The van der Waals surface area contributed by atoms with Gasteiger partial charge < -0.3 is 23.7 Å². The highest BCUT2D eigenvalue weighted by Crippen LogP contribution is 2.48. The van der Waals surface area contributed by atoms with Crippen LogP contribution < -0.4 is 18.9 Å². The lowest BCUT2D eigenvalue weighted by atomic mass is 10.0. The van der Waals surface area contributed by atoms with E-state index in [1.165, 1.54) is 0 Å². The highest BCUT2D eigenvalue weighted by Gasteiger charge is 2.27. The largest absolute Gasteiger partial charge is 0.496 e. The second-order valence-corrected chi connectivity index (χ2v) is 13.6. The van der Waals surface area contributed by atoms with Crippen LogP contribution in [0.4, 0.5) is 0 Å². The molecule has 2 fully saturated rings. The molecule has 47 heavy (non-hydrogen) atoms. The van der Waals surface area contributed by atoms with Gasteiger partial charge in [-0.15, -0.1) is 0 Å². The van der Waals surface area contributed by atoms with Crippen LogP contribution in [0.5, 0.6) is 23.0 Å². The second-order valence-electron chi connectivity index (χ2n) is 12.0. The highest BCUT2D eigenvalue weighted by atomic mass is 35.5. The van der Waals surface area contributed by atoms with Crippen molar-refractivity contribution in [3.63, 3.8) is 0 Å². The van der Waals surface area contributed by atoms with Gasteiger partial charge in [0.2, 0.25) is 0 Å². The van der Waals surface area contributed by atoms with Crippen LogP contribution in [0, 0.1) is 0 Å². The van der Waals surface area contributed by atoms with Crippen molar-refractivity contribution in [2.24, 2.45) is 0 Å². The first kappa shape index (κ1) is 34.1. The third-order valence-electron chi connectivity index (χ3n) is 9.00. The van der Waals surface area contributed by atoms with E-state index in [2.05, 4.69) is 0 Å². The Morgan fingerprint density at radius 1 is 0.553 bits per heavy atom. The van der Waals surface area contributed by atoms with E-state index in [1.807, 2.05) is 60.7 Å². The molecule has 2 aliphatic carbocycles. The summed E-state index contributed by atoms with van der Waals surface area (Å²) in [5.74, 6) is 2.57. The molecule has 2 saturated carbocycles. The highest BCUT2D eigenvalue weighted by molar-refractivity contribution is 6.38. The van der Waals surface area contributed by atoms with Gasteiger partial charge in [-0.2, -0.15) is 0 Å². The van der Waals surface area contributed by atoms with E-state index in [9.17, 15) is 0 Å². The zero-order valence-electron chi connectivity index (χ0n) is 26.6. The first-order valence-electron chi connectivity index (χ1n) is 16.1. The molecule has 0 saturated heterocycles. The molecule has 0 bridgehead atoms. The van der Waals surface area contributed by atoms with Crippen LogP contribution in [0.15, 0.2) is 60.7 Å². The fourth-order valence-electron chi connectivity index (χ4n) is 6.51. The summed E-state index contributed by atoms with van der Waals surface area (Å²) in [4.78, 5) is 0. The molecule has 6 rings (SSSR count). The molecule has 0 spiro atoms. The predicted molar refractivity (Wildman–Crippen MR) is 191 cm³/mol. The Bertz CT molecular complexity index is 1590. The lowest BCUT2D eigenvalue weighted by molar-refractivity contribution is 0.106. The zero-order valence-corrected chi connectivity index (χ0v) is 29.6. The maximum Gasteiger partial charge on any atom is 0.146 e. The van der Waals surface area contributed by atoms with E-state index in [1.54, 1.807) is 14.2 Å². The predicted octanol–water partition coefficient (Wildman–Crippen LogP) is 12.0. The molecule has 0 amide bonds. The Kier molecular flexibility index (Phi) is 11.3. The van der Waals surface area contributed by atoms with Crippen molar-refractivity contribution in [3.05, 3.63) is 91.9 Å². The molecule has 9 heteroatoms. The number of benzene rings is 4. The smallest absolute Gasteiger partial charge is 0.146 e. The fourth-order valence-corrected chi connectivity index (χ4v) is 7.73. The molecule has 0 aromatic heterocycles. The summed E-state index contributed by atoms with van der Waals surface area (Å²) >= 11 is 28.0. The summed E-state index contributed by atoms with van der Waals surface area (Å²) in [6, 6.07) is 19.3. The summed E-state index contributed by atoms with van der Waals surface area (Å²) < 4.78 is 30.7. The van der Waals surface area contributed by atoms with E-state index in [0.717, 1.165) is 73.6 Å². The van der Waals surface area contributed by atoms with Crippen molar-refractivity contribution in [1.82, 2.24) is 0 Å². The van der Waals surface area contributed by atoms with Crippen LogP contribution >= 0.6 is 46.4 Å². The fraction of sp³-hybridized carbons (Fsp3) is 0.368. The van der Waals surface area contributed by atoms with Gasteiger partial charge in [-0.05, 0) is 75.6 Å². The third-order valence-corrected chi connectivity index (χ3v) is 10.5. The summed E-state index contributed by atoms with van der Waals surface area (Å²) in [6.07, 6.45) is 8.56. The quantitative estimate of drug-likeness (QED) is 0.146. The van der Waals surface area contributed by atoms with Gasteiger partial charge in [0.05, 0.1) is 49.7 Å². The first-order valence-corrected chi connectivity index (χ1v) is 17.6. The molecule has 0 unspecified atom stereocenters. The maximum absolute atomic E-state index is 7.11. The van der Waals surface area contributed by atoms with Gasteiger partial charge in [0, 0.05) is 43.4 Å². The Morgan fingerprint density at radius 2 is 0.936 bits per heavy atom. The molecule has 0 heterocycles. The van der Waals surface area contributed by atoms with Gasteiger partial charge in [-0.25, -0.2) is 0 Å². The van der Waals surface area contributed by atoms with Crippen molar-refractivity contribution in [3.8, 4) is 45.3 Å². The van der Waals surface area contributed by atoms with E-state index >= 15 is 0 Å². The van der Waals surface area contributed by atoms with Crippen molar-refractivity contribution in [2.75, 3.05) is 14.2 Å². The average Bonchev–Trinajstić information content (AvgIpc) is 3.81. The zero-order chi connectivity index (χ0) is 32.9. The lowest BCUT2D eigenvalue weighted by Crippen LogP contribution is -2.13. The standard InChI is InChI=1S/C38H38Cl4O5/c1-43-33-17-9-7-15-25(33)27-19-31(39)29(35(41)37(27)46-23-11-3-4-12-23)21-45-22-30-32(40)20-28(26-16-8-10-18-34(26)44-2)38(36(30)42)47-24-13-5-6-14-24/h7-10,15-20,23-24H,3-6,11-14,21-22H2,1-2H3. The van der Waals surface area contributed by atoms with Crippen molar-refractivity contribution in [2.45, 2.75) is 76.8 Å². The summed E-state index contributed by atoms with van der Waals surface area (Å²) in [5.41, 5.74) is 4.51. The van der Waals surface area contributed by atoms with Gasteiger partial charge >= 0.3 is 0 Å². The molecule has 0 radical (unpaired) electrons. The number of hydrogen-bond acceptors (Lipinski definition) is 5. The number of hydrogen-bond donors (Lipinski definition) is 0. The van der Waals surface area contributed by atoms with Crippen LogP contribution in [0.2, 0.25) is 20.1 Å². The Labute approximate surface area is 296 Å². The SMILES string of the molecule is COc1ccccc1-c1cc(Cl)c(COCc2c(Cl)cc(-c3ccccc3OC)c(OC3CCCC3)c2Cl)c(Cl)c1OC1CCCC1. The Hall–Kier alpha value is -2.80. The summed E-state index contributed by atoms with van der Waals surface area (Å²) in [6.45, 7) is 0.231. The van der Waals surface area contributed by atoms with E-state index in [0.29, 0.717) is 54.2 Å². The van der Waals surface area contributed by atoms with E-state index in [-0.39, 0.29) is 25.4 Å². The summed E-state index contributed by atoms with van der Waals surface area (Å²) in [5, 5.41) is 1.76. The number of methoxy groups -OCH3 is 2. The normalized spacial score (nSPS) is 15.3. The average molecular weight is 717 g/mol. The maximum atomic E-state index is 7.11. The monoisotopic (exact) mass is 714 g/mol. The van der Waals surface area contributed by atoms with Gasteiger partial charge in [-0.3, -0.25) is 0 Å². The van der Waals surface area contributed by atoms with Crippen LogP contribution in [0.1, 0.15) is 62.5 Å². The summed E-state index contributed by atoms with van der Waals surface area (Å²) in [7, 11) is 3.29. The molecular weight excluding hydrogens is 678 g/mol. The first-order chi connectivity index (χ1) is 22.9. The van der Waals surface area contributed by atoms with Crippen molar-refractivity contribution >= 4 is 46.4 Å². The lowest BCUT2D eigenvalue weighted by Gasteiger charge is -2.23. The number of ether oxygens (including phenoxy) is 5.